The van der Waals surface area contributed by atoms with Crippen LogP contribution in [0.4, 0.5) is 5.69 Å². The van der Waals surface area contributed by atoms with Crippen LogP contribution < -0.4 is 10.1 Å². The third kappa shape index (κ3) is 5.23. The topological polar surface area (TPSA) is 80.2 Å². The molecule has 0 aliphatic carbocycles. The van der Waals surface area contributed by atoms with Gasteiger partial charge in [-0.05, 0) is 55.2 Å². The number of rotatable bonds is 7. The molecule has 33 heavy (non-hydrogen) atoms. The maximum Gasteiger partial charge on any atom is 0.338 e. The van der Waals surface area contributed by atoms with Gasteiger partial charge in [-0.2, -0.15) is 0 Å². The first kappa shape index (κ1) is 22.9. The van der Waals surface area contributed by atoms with Crippen LogP contribution in [0.3, 0.4) is 0 Å². The molecule has 0 aromatic heterocycles. The number of aliphatic imine (C=N–C) groups is 1. The number of benzene rings is 2. The highest BCUT2D eigenvalue weighted by molar-refractivity contribution is 8.16. The lowest BCUT2D eigenvalue weighted by molar-refractivity contribution is -0.139. The van der Waals surface area contributed by atoms with Gasteiger partial charge in [-0.15, -0.1) is 0 Å². The zero-order valence-corrected chi connectivity index (χ0v) is 19.7. The summed E-state index contributed by atoms with van der Waals surface area (Å²) in [7, 11) is 0. The highest BCUT2D eigenvalue weighted by Gasteiger charge is 2.37. The average molecular weight is 484 g/mol. The van der Waals surface area contributed by atoms with Crippen LogP contribution in [-0.4, -0.2) is 35.2 Å². The molecule has 2 aromatic carbocycles. The first-order valence-electron chi connectivity index (χ1n) is 10.3. The molecule has 0 saturated heterocycles. The van der Waals surface area contributed by atoms with Crippen molar-refractivity contribution in [1.29, 1.82) is 0 Å². The Kier molecular flexibility index (Phi) is 7.05. The summed E-state index contributed by atoms with van der Waals surface area (Å²) in [5, 5.41) is 6.02. The monoisotopic (exact) mass is 483 g/mol. The molecular weight excluding hydrogens is 462 g/mol. The number of esters is 1. The van der Waals surface area contributed by atoms with Crippen molar-refractivity contribution in [3.8, 4) is 5.75 Å². The SMILES string of the molecule is CCOC(=O)C1=C(C)N=C2SC=CN2[C@@H]1c1ccc(OCC(=O)Nc2cccc(Cl)c2)cc1. The molecule has 0 fully saturated rings. The number of fused-ring (bicyclic) bond motifs is 1. The van der Waals surface area contributed by atoms with Gasteiger partial charge in [-0.25, -0.2) is 9.79 Å². The van der Waals surface area contributed by atoms with E-state index in [2.05, 4.69) is 10.3 Å². The van der Waals surface area contributed by atoms with E-state index in [4.69, 9.17) is 21.1 Å². The van der Waals surface area contributed by atoms with E-state index in [0.717, 1.165) is 10.7 Å². The van der Waals surface area contributed by atoms with E-state index in [9.17, 15) is 9.59 Å². The minimum absolute atomic E-state index is 0.148. The van der Waals surface area contributed by atoms with Gasteiger partial charge in [0.2, 0.25) is 0 Å². The van der Waals surface area contributed by atoms with Gasteiger partial charge in [0.15, 0.2) is 11.8 Å². The van der Waals surface area contributed by atoms with Gasteiger partial charge in [-0.3, -0.25) is 4.79 Å². The smallest absolute Gasteiger partial charge is 0.338 e. The molecule has 2 aromatic rings. The number of amidine groups is 1. The summed E-state index contributed by atoms with van der Waals surface area (Å²) in [6.45, 7) is 3.73. The van der Waals surface area contributed by atoms with Crippen molar-refractivity contribution in [2.75, 3.05) is 18.5 Å². The van der Waals surface area contributed by atoms with Gasteiger partial charge >= 0.3 is 5.97 Å². The number of ether oxygens (including phenoxy) is 2. The van der Waals surface area contributed by atoms with E-state index in [1.807, 2.05) is 35.6 Å². The van der Waals surface area contributed by atoms with E-state index < -0.39 is 0 Å². The minimum atomic E-state index is -0.383. The summed E-state index contributed by atoms with van der Waals surface area (Å²) in [6.07, 6.45) is 1.91. The van der Waals surface area contributed by atoms with E-state index in [1.165, 1.54) is 11.8 Å². The van der Waals surface area contributed by atoms with Crippen molar-refractivity contribution >= 4 is 46.1 Å². The maximum atomic E-state index is 12.7. The molecule has 0 unspecified atom stereocenters. The van der Waals surface area contributed by atoms with Gasteiger partial charge in [0, 0.05) is 16.9 Å². The first-order valence-corrected chi connectivity index (χ1v) is 11.6. The molecule has 4 rings (SSSR count). The first-order chi connectivity index (χ1) is 16.0. The molecule has 1 N–H and O–H groups in total. The lowest BCUT2D eigenvalue weighted by atomic mass is 9.95. The van der Waals surface area contributed by atoms with Crippen molar-refractivity contribution in [1.82, 2.24) is 4.90 Å². The number of anilines is 1. The second-order valence-electron chi connectivity index (χ2n) is 7.24. The summed E-state index contributed by atoms with van der Waals surface area (Å²) in [4.78, 5) is 31.4. The predicted molar refractivity (Wildman–Crippen MR) is 130 cm³/mol. The molecule has 0 bridgehead atoms. The van der Waals surface area contributed by atoms with Crippen molar-refractivity contribution in [3.05, 3.63) is 82.0 Å². The molecule has 170 valence electrons. The highest BCUT2D eigenvalue weighted by Crippen LogP contribution is 2.41. The van der Waals surface area contributed by atoms with Crippen LogP contribution in [0.25, 0.3) is 0 Å². The zero-order valence-electron chi connectivity index (χ0n) is 18.1. The molecule has 7 nitrogen and oxygen atoms in total. The number of amides is 1. The van der Waals surface area contributed by atoms with Crippen LogP contribution in [0.5, 0.6) is 5.75 Å². The molecule has 0 spiro atoms. The molecule has 1 atom stereocenters. The van der Waals surface area contributed by atoms with Crippen molar-refractivity contribution in [2.45, 2.75) is 19.9 Å². The molecular formula is C24H22ClN3O4S. The van der Waals surface area contributed by atoms with Crippen LogP contribution >= 0.6 is 23.4 Å². The van der Waals surface area contributed by atoms with Crippen LogP contribution in [0.2, 0.25) is 5.02 Å². The Morgan fingerprint density at radius 3 is 2.73 bits per heavy atom. The lowest BCUT2D eigenvalue weighted by Crippen LogP contribution is -2.34. The Morgan fingerprint density at radius 2 is 2.00 bits per heavy atom. The van der Waals surface area contributed by atoms with Crippen LogP contribution in [-0.2, 0) is 14.3 Å². The second kappa shape index (κ2) is 10.1. The standard InChI is InChI=1S/C24H22ClN3O4S/c1-3-31-23(30)21-15(2)26-24-28(11-12-33-24)22(21)16-7-9-19(10-8-16)32-14-20(29)27-18-6-4-5-17(25)13-18/h4-13,22H,3,14H2,1-2H3,(H,27,29)/t22-/m1/s1. The van der Waals surface area contributed by atoms with Crippen molar-refractivity contribution < 1.29 is 19.1 Å². The second-order valence-corrected chi connectivity index (χ2v) is 8.55. The quantitative estimate of drug-likeness (QED) is 0.550. The molecule has 2 aliphatic rings. The largest absolute Gasteiger partial charge is 0.484 e. The van der Waals surface area contributed by atoms with E-state index in [1.54, 1.807) is 43.3 Å². The number of hydrogen-bond acceptors (Lipinski definition) is 7. The van der Waals surface area contributed by atoms with E-state index in [-0.39, 0.29) is 31.1 Å². The fraction of sp³-hybridized carbons (Fsp3) is 0.208. The van der Waals surface area contributed by atoms with Gasteiger partial charge in [-0.1, -0.05) is 41.6 Å². The van der Waals surface area contributed by atoms with Crippen LogP contribution in [0.15, 0.2) is 76.4 Å². The normalized spacial score (nSPS) is 16.9. The van der Waals surface area contributed by atoms with E-state index in [0.29, 0.717) is 27.7 Å². The minimum Gasteiger partial charge on any atom is -0.484 e. The molecule has 2 aliphatic heterocycles. The molecule has 2 heterocycles. The fourth-order valence-electron chi connectivity index (χ4n) is 3.56. The Bertz CT molecular complexity index is 1160. The maximum absolute atomic E-state index is 12.7. The van der Waals surface area contributed by atoms with Gasteiger partial charge in [0.25, 0.3) is 5.91 Å². The highest BCUT2D eigenvalue weighted by atomic mass is 35.5. The summed E-state index contributed by atoms with van der Waals surface area (Å²) in [6, 6.07) is 13.9. The predicted octanol–water partition coefficient (Wildman–Crippen LogP) is 5.13. The molecule has 9 heteroatoms. The molecule has 0 radical (unpaired) electrons. The summed E-state index contributed by atoms with van der Waals surface area (Å²) in [5.41, 5.74) is 2.63. The lowest BCUT2D eigenvalue weighted by Gasteiger charge is -2.33. The Balaban J connectivity index is 1.47. The fourth-order valence-corrected chi connectivity index (χ4v) is 4.54. The van der Waals surface area contributed by atoms with Gasteiger partial charge in [0.05, 0.1) is 23.9 Å². The Labute approximate surface area is 201 Å². The number of carbonyl (C=O) groups excluding carboxylic acids is 2. The Morgan fingerprint density at radius 1 is 1.21 bits per heavy atom. The zero-order chi connectivity index (χ0) is 23.4. The van der Waals surface area contributed by atoms with Crippen molar-refractivity contribution in [2.24, 2.45) is 4.99 Å². The third-order valence-corrected chi connectivity index (χ3v) is 6.00. The van der Waals surface area contributed by atoms with Crippen LogP contribution in [0.1, 0.15) is 25.5 Å². The average Bonchev–Trinajstić information content (AvgIpc) is 3.25. The molecule has 0 saturated carbocycles. The van der Waals surface area contributed by atoms with Crippen LogP contribution in [0, 0.1) is 0 Å². The number of carbonyl (C=O) groups is 2. The number of nitrogens with zero attached hydrogens (tertiary/aromatic N) is 2. The number of nitrogens with one attached hydrogen (secondary N) is 1. The van der Waals surface area contributed by atoms with Gasteiger partial charge in [0.1, 0.15) is 5.75 Å². The summed E-state index contributed by atoms with van der Waals surface area (Å²) < 4.78 is 10.9. The number of thioether (sulfide) groups is 1. The Hall–Kier alpha value is -3.23. The molecule has 1 amide bonds. The summed E-state index contributed by atoms with van der Waals surface area (Å²) in [5.74, 6) is -0.141. The summed E-state index contributed by atoms with van der Waals surface area (Å²) >= 11 is 7.44. The number of halogens is 1. The van der Waals surface area contributed by atoms with Crippen molar-refractivity contribution in [3.63, 3.8) is 0 Å². The number of allylic oxidation sites excluding steroid dienone is 1. The van der Waals surface area contributed by atoms with E-state index >= 15 is 0 Å². The third-order valence-electron chi connectivity index (χ3n) is 4.99. The number of hydrogen-bond donors (Lipinski definition) is 1. The van der Waals surface area contributed by atoms with Gasteiger partial charge < -0.3 is 19.7 Å².